The van der Waals surface area contributed by atoms with Crippen molar-refractivity contribution in [3.05, 3.63) is 105 Å². The predicted octanol–water partition coefficient (Wildman–Crippen LogP) is 3.88. The Hall–Kier alpha value is -3.42. The SMILES string of the molecule is O=C(Nc1ccc(C(=O)[O-])cc1)/C(=C\c1ccc(Cl)cc1)NC(=O)c1ccccc1Br. The number of halogens is 2. The van der Waals surface area contributed by atoms with Gasteiger partial charge >= 0.3 is 0 Å². The Labute approximate surface area is 191 Å². The van der Waals surface area contributed by atoms with Crippen molar-refractivity contribution in [3.63, 3.8) is 0 Å². The van der Waals surface area contributed by atoms with Crippen molar-refractivity contribution in [3.8, 4) is 0 Å². The van der Waals surface area contributed by atoms with Crippen LogP contribution in [0.15, 0.2) is 83.0 Å². The van der Waals surface area contributed by atoms with Gasteiger partial charge in [-0.15, -0.1) is 0 Å². The molecule has 0 bridgehead atoms. The minimum absolute atomic E-state index is 0.00736. The number of carboxylic acid groups (broad SMARTS) is 1. The molecule has 6 nitrogen and oxygen atoms in total. The number of benzene rings is 3. The van der Waals surface area contributed by atoms with Crippen molar-refractivity contribution >= 4 is 57.1 Å². The molecule has 2 amide bonds. The quantitative estimate of drug-likeness (QED) is 0.504. The Bertz CT molecular complexity index is 1160. The number of aromatic carboxylic acids is 1. The summed E-state index contributed by atoms with van der Waals surface area (Å²) in [6, 6.07) is 19.0. The zero-order valence-corrected chi connectivity index (χ0v) is 18.2. The standard InChI is InChI=1S/C23H16BrClN2O4/c24-19-4-2-1-3-18(19)21(28)27-20(13-14-5-9-16(25)10-6-14)22(29)26-17-11-7-15(8-12-17)23(30)31/h1-13H,(H,26,29)(H,27,28)(H,30,31)/p-1/b20-13+. The highest BCUT2D eigenvalue weighted by Gasteiger charge is 2.16. The first kappa shape index (κ1) is 22.3. The van der Waals surface area contributed by atoms with Crippen molar-refractivity contribution in [2.75, 3.05) is 5.32 Å². The molecule has 0 spiro atoms. The summed E-state index contributed by atoms with van der Waals surface area (Å²) in [5.74, 6) is -2.38. The highest BCUT2D eigenvalue weighted by atomic mass is 79.9. The Morgan fingerprint density at radius 3 is 2.16 bits per heavy atom. The third kappa shape index (κ3) is 6.04. The molecule has 0 aromatic heterocycles. The van der Waals surface area contributed by atoms with Gasteiger partial charge in [-0.05, 0) is 69.5 Å². The summed E-state index contributed by atoms with van der Waals surface area (Å²) in [6.45, 7) is 0. The van der Waals surface area contributed by atoms with Gasteiger partial charge in [-0.25, -0.2) is 0 Å². The summed E-state index contributed by atoms with van der Waals surface area (Å²) in [4.78, 5) is 36.5. The first-order chi connectivity index (χ1) is 14.8. The van der Waals surface area contributed by atoms with E-state index in [0.29, 0.717) is 26.3 Å². The maximum atomic E-state index is 12.9. The van der Waals surface area contributed by atoms with Crippen molar-refractivity contribution < 1.29 is 19.5 Å². The molecular formula is C23H15BrClN2O4-. The van der Waals surface area contributed by atoms with Gasteiger partial charge in [0.2, 0.25) is 0 Å². The van der Waals surface area contributed by atoms with Gasteiger partial charge in [-0.2, -0.15) is 0 Å². The molecule has 156 valence electrons. The average Bonchev–Trinajstić information content (AvgIpc) is 2.75. The second kappa shape index (κ2) is 10.1. The van der Waals surface area contributed by atoms with Gasteiger partial charge in [0.05, 0.1) is 11.5 Å². The topological polar surface area (TPSA) is 98.3 Å². The summed E-state index contributed by atoms with van der Waals surface area (Å²) in [6.07, 6.45) is 1.51. The summed E-state index contributed by atoms with van der Waals surface area (Å²) < 4.78 is 0.580. The van der Waals surface area contributed by atoms with Crippen LogP contribution < -0.4 is 15.7 Å². The molecular weight excluding hydrogens is 484 g/mol. The summed E-state index contributed by atoms with van der Waals surface area (Å²) in [5, 5.41) is 16.7. The molecule has 0 unspecified atom stereocenters. The van der Waals surface area contributed by atoms with Crippen LogP contribution >= 0.6 is 27.5 Å². The Morgan fingerprint density at radius 1 is 0.903 bits per heavy atom. The van der Waals surface area contributed by atoms with Gasteiger partial charge in [0.15, 0.2) is 0 Å². The van der Waals surface area contributed by atoms with Crippen molar-refractivity contribution in [1.82, 2.24) is 5.32 Å². The van der Waals surface area contributed by atoms with E-state index in [1.807, 2.05) is 0 Å². The summed E-state index contributed by atoms with van der Waals surface area (Å²) >= 11 is 9.24. The third-order valence-electron chi connectivity index (χ3n) is 4.17. The first-order valence-corrected chi connectivity index (χ1v) is 10.2. The summed E-state index contributed by atoms with van der Waals surface area (Å²) in [5.41, 5.74) is 1.33. The number of amides is 2. The second-order valence-corrected chi connectivity index (χ2v) is 7.65. The lowest BCUT2D eigenvalue weighted by molar-refractivity contribution is -0.255. The molecule has 0 aliphatic rings. The van der Waals surface area contributed by atoms with Gasteiger partial charge in [-0.1, -0.05) is 48.0 Å². The maximum Gasteiger partial charge on any atom is 0.272 e. The second-order valence-electron chi connectivity index (χ2n) is 6.36. The van der Waals surface area contributed by atoms with Crippen LogP contribution in [0.4, 0.5) is 5.69 Å². The number of carbonyl (C=O) groups excluding carboxylic acids is 3. The van der Waals surface area contributed by atoms with Gasteiger partial charge in [-0.3, -0.25) is 9.59 Å². The van der Waals surface area contributed by atoms with Crippen LogP contribution in [0.1, 0.15) is 26.3 Å². The van der Waals surface area contributed by atoms with E-state index in [0.717, 1.165) is 0 Å². The van der Waals surface area contributed by atoms with Crippen LogP contribution in [-0.4, -0.2) is 17.8 Å². The molecule has 3 aromatic rings. The molecule has 0 aliphatic carbocycles. The maximum absolute atomic E-state index is 12.9. The number of hydrogen-bond donors (Lipinski definition) is 2. The van der Waals surface area contributed by atoms with Crippen LogP contribution in [0.3, 0.4) is 0 Å². The minimum Gasteiger partial charge on any atom is -0.545 e. The van der Waals surface area contributed by atoms with Crippen LogP contribution in [-0.2, 0) is 4.79 Å². The molecule has 3 aromatic carbocycles. The third-order valence-corrected chi connectivity index (χ3v) is 5.11. The molecule has 0 aliphatic heterocycles. The van der Waals surface area contributed by atoms with Crippen LogP contribution in [0, 0.1) is 0 Å². The van der Waals surface area contributed by atoms with Crippen LogP contribution in [0.5, 0.6) is 0 Å². The van der Waals surface area contributed by atoms with E-state index in [9.17, 15) is 19.5 Å². The van der Waals surface area contributed by atoms with Crippen LogP contribution in [0.2, 0.25) is 5.02 Å². The molecule has 0 radical (unpaired) electrons. The largest absolute Gasteiger partial charge is 0.545 e. The van der Waals surface area contributed by atoms with Crippen molar-refractivity contribution in [2.24, 2.45) is 0 Å². The number of rotatable bonds is 6. The van der Waals surface area contributed by atoms with Gasteiger partial charge in [0, 0.05) is 15.2 Å². The van der Waals surface area contributed by atoms with Crippen LogP contribution in [0.25, 0.3) is 6.08 Å². The molecule has 8 heteroatoms. The Morgan fingerprint density at radius 2 is 1.55 bits per heavy atom. The summed E-state index contributed by atoms with van der Waals surface area (Å²) in [7, 11) is 0. The predicted molar refractivity (Wildman–Crippen MR) is 120 cm³/mol. The number of nitrogens with one attached hydrogen (secondary N) is 2. The Balaban J connectivity index is 1.88. The van der Waals surface area contributed by atoms with E-state index >= 15 is 0 Å². The normalized spacial score (nSPS) is 11.0. The van der Waals surface area contributed by atoms with Gasteiger partial charge in [0.25, 0.3) is 11.8 Å². The zero-order chi connectivity index (χ0) is 22.4. The molecule has 31 heavy (non-hydrogen) atoms. The van der Waals surface area contributed by atoms with E-state index in [-0.39, 0.29) is 11.3 Å². The number of hydrogen-bond acceptors (Lipinski definition) is 4. The van der Waals surface area contributed by atoms with E-state index in [2.05, 4.69) is 26.6 Å². The lowest BCUT2D eigenvalue weighted by Crippen LogP contribution is -2.31. The monoisotopic (exact) mass is 497 g/mol. The van der Waals surface area contributed by atoms with E-state index in [4.69, 9.17) is 11.6 Å². The number of carboxylic acids is 1. The molecule has 0 saturated heterocycles. The van der Waals surface area contributed by atoms with E-state index in [1.165, 1.54) is 30.3 Å². The fourth-order valence-corrected chi connectivity index (χ4v) is 3.20. The number of anilines is 1. The van der Waals surface area contributed by atoms with Crippen molar-refractivity contribution in [1.29, 1.82) is 0 Å². The molecule has 0 saturated carbocycles. The van der Waals surface area contributed by atoms with E-state index in [1.54, 1.807) is 48.5 Å². The molecule has 2 N–H and O–H groups in total. The molecule has 0 heterocycles. The zero-order valence-electron chi connectivity index (χ0n) is 15.9. The van der Waals surface area contributed by atoms with Gasteiger partial charge < -0.3 is 20.5 Å². The molecule has 0 atom stereocenters. The van der Waals surface area contributed by atoms with Crippen molar-refractivity contribution in [2.45, 2.75) is 0 Å². The minimum atomic E-state index is -1.32. The Kier molecular flexibility index (Phi) is 7.23. The number of carbonyl (C=O) groups is 3. The molecule has 3 rings (SSSR count). The first-order valence-electron chi connectivity index (χ1n) is 8.99. The van der Waals surface area contributed by atoms with Gasteiger partial charge in [0.1, 0.15) is 5.70 Å². The smallest absolute Gasteiger partial charge is 0.272 e. The average molecular weight is 499 g/mol. The van der Waals surface area contributed by atoms with E-state index < -0.39 is 17.8 Å². The lowest BCUT2D eigenvalue weighted by Gasteiger charge is -2.12. The highest BCUT2D eigenvalue weighted by Crippen LogP contribution is 2.18. The fraction of sp³-hybridized carbons (Fsp3) is 0. The lowest BCUT2D eigenvalue weighted by atomic mass is 10.1. The molecule has 0 fully saturated rings. The fourth-order valence-electron chi connectivity index (χ4n) is 2.61. The highest BCUT2D eigenvalue weighted by molar-refractivity contribution is 9.10.